The lowest BCUT2D eigenvalue weighted by molar-refractivity contribution is 0.00561. The molecule has 0 bridgehead atoms. The van der Waals surface area contributed by atoms with E-state index in [9.17, 15) is 5.11 Å². The molecule has 1 N–H and O–H groups in total. The molecular formula is C17H27NO2. The second kappa shape index (κ2) is 8.40. The number of aliphatic hydroxyl groups excluding tert-OH is 1. The summed E-state index contributed by atoms with van der Waals surface area (Å²) in [6, 6.07) is 11.2. The molecule has 0 saturated carbocycles. The highest BCUT2D eigenvalue weighted by molar-refractivity contribution is 5.16. The first-order valence-corrected chi connectivity index (χ1v) is 7.83. The second-order valence-electron chi connectivity index (χ2n) is 5.65. The van der Waals surface area contributed by atoms with E-state index in [0.29, 0.717) is 19.3 Å². The molecule has 1 aromatic rings. The number of nitrogens with zero attached hydrogens (tertiary/aromatic N) is 1. The van der Waals surface area contributed by atoms with Gasteiger partial charge in [-0.15, -0.1) is 0 Å². The second-order valence-corrected chi connectivity index (χ2v) is 5.65. The molecule has 2 rings (SSSR count). The van der Waals surface area contributed by atoms with Gasteiger partial charge in [-0.3, -0.25) is 4.90 Å². The summed E-state index contributed by atoms with van der Waals surface area (Å²) in [6.07, 6.45) is 4.49. The molecule has 1 heterocycles. The fourth-order valence-corrected chi connectivity index (χ4v) is 2.99. The fourth-order valence-electron chi connectivity index (χ4n) is 2.99. The van der Waals surface area contributed by atoms with Crippen LogP contribution in [0.25, 0.3) is 0 Å². The summed E-state index contributed by atoms with van der Waals surface area (Å²) in [5, 5.41) is 10.0. The Morgan fingerprint density at radius 1 is 1.30 bits per heavy atom. The van der Waals surface area contributed by atoms with Crippen LogP contribution in [0.5, 0.6) is 0 Å². The number of likely N-dealkylation sites (tertiary alicyclic amines) is 1. The van der Waals surface area contributed by atoms with Crippen LogP contribution in [0.15, 0.2) is 30.3 Å². The molecule has 2 unspecified atom stereocenters. The lowest BCUT2D eigenvalue weighted by Crippen LogP contribution is -2.45. The molecule has 0 aromatic heterocycles. The first-order chi connectivity index (χ1) is 9.79. The van der Waals surface area contributed by atoms with E-state index < -0.39 is 0 Å². The molecule has 0 radical (unpaired) electrons. The summed E-state index contributed by atoms with van der Waals surface area (Å²) in [6.45, 7) is 4.92. The summed E-state index contributed by atoms with van der Waals surface area (Å²) >= 11 is 0. The molecule has 3 nitrogen and oxygen atoms in total. The topological polar surface area (TPSA) is 32.7 Å². The van der Waals surface area contributed by atoms with Crippen molar-refractivity contribution >= 4 is 0 Å². The van der Waals surface area contributed by atoms with Gasteiger partial charge in [0.15, 0.2) is 0 Å². The number of hydrogen-bond acceptors (Lipinski definition) is 3. The molecule has 0 spiro atoms. The first-order valence-electron chi connectivity index (χ1n) is 7.83. The van der Waals surface area contributed by atoms with Gasteiger partial charge in [0.1, 0.15) is 0 Å². The van der Waals surface area contributed by atoms with Gasteiger partial charge in [0.05, 0.1) is 12.7 Å². The van der Waals surface area contributed by atoms with E-state index in [-0.39, 0.29) is 6.10 Å². The Balaban J connectivity index is 1.88. The standard InChI is InChI=1S/C17H27NO2/c1-2-20-14-17(19)13-18-11-7-6-10-16(18)12-15-8-4-3-5-9-15/h3-5,8-9,16-17,19H,2,6-7,10-14H2,1H3. The van der Waals surface area contributed by atoms with Gasteiger partial charge in [0.2, 0.25) is 0 Å². The van der Waals surface area contributed by atoms with Gasteiger partial charge < -0.3 is 9.84 Å². The zero-order chi connectivity index (χ0) is 14.2. The molecule has 20 heavy (non-hydrogen) atoms. The van der Waals surface area contributed by atoms with Crippen LogP contribution < -0.4 is 0 Å². The van der Waals surface area contributed by atoms with Crippen LogP contribution in [0.4, 0.5) is 0 Å². The van der Waals surface area contributed by atoms with Gasteiger partial charge in [-0.25, -0.2) is 0 Å². The van der Waals surface area contributed by atoms with Crippen molar-refractivity contribution in [2.24, 2.45) is 0 Å². The van der Waals surface area contributed by atoms with Crippen LogP contribution in [-0.2, 0) is 11.2 Å². The van der Waals surface area contributed by atoms with Gasteiger partial charge in [-0.2, -0.15) is 0 Å². The minimum atomic E-state index is -0.369. The van der Waals surface area contributed by atoms with Crippen molar-refractivity contribution in [3.63, 3.8) is 0 Å². The van der Waals surface area contributed by atoms with Crippen molar-refractivity contribution in [2.45, 2.75) is 44.8 Å². The van der Waals surface area contributed by atoms with Gasteiger partial charge in [-0.05, 0) is 38.3 Å². The van der Waals surface area contributed by atoms with Crippen molar-refractivity contribution < 1.29 is 9.84 Å². The summed E-state index contributed by atoms with van der Waals surface area (Å²) in [5.74, 6) is 0. The molecule has 1 saturated heterocycles. The highest BCUT2D eigenvalue weighted by atomic mass is 16.5. The molecule has 112 valence electrons. The lowest BCUT2D eigenvalue weighted by atomic mass is 9.95. The number of rotatable bonds is 7. The third kappa shape index (κ3) is 4.89. The van der Waals surface area contributed by atoms with E-state index in [1.165, 1.54) is 24.8 Å². The van der Waals surface area contributed by atoms with Crippen molar-refractivity contribution in [1.29, 1.82) is 0 Å². The number of aliphatic hydroxyl groups is 1. The van der Waals surface area contributed by atoms with Crippen molar-refractivity contribution in [1.82, 2.24) is 4.90 Å². The predicted octanol–water partition coefficient (Wildman–Crippen LogP) is 2.48. The van der Waals surface area contributed by atoms with Crippen LogP contribution >= 0.6 is 0 Å². The van der Waals surface area contributed by atoms with Crippen LogP contribution in [0.1, 0.15) is 31.7 Å². The maximum Gasteiger partial charge on any atom is 0.0900 e. The Labute approximate surface area is 122 Å². The number of β-amino-alcohol motifs (C(OH)–C–C–N with tert-alkyl or cyclic N) is 1. The van der Waals surface area contributed by atoms with Gasteiger partial charge >= 0.3 is 0 Å². The molecule has 0 aliphatic carbocycles. The number of benzene rings is 1. The SMILES string of the molecule is CCOCC(O)CN1CCCCC1Cc1ccccc1. The highest BCUT2D eigenvalue weighted by Gasteiger charge is 2.24. The Kier molecular flexibility index (Phi) is 6.51. The van der Waals surface area contributed by atoms with E-state index in [2.05, 4.69) is 35.2 Å². The molecule has 1 aliphatic heterocycles. The smallest absolute Gasteiger partial charge is 0.0900 e. The Hall–Kier alpha value is -0.900. The van der Waals surface area contributed by atoms with E-state index in [1.54, 1.807) is 0 Å². The van der Waals surface area contributed by atoms with Crippen molar-refractivity contribution in [3.8, 4) is 0 Å². The third-order valence-corrected chi connectivity index (χ3v) is 4.02. The minimum Gasteiger partial charge on any atom is -0.389 e. The summed E-state index contributed by atoms with van der Waals surface area (Å²) in [4.78, 5) is 2.44. The van der Waals surface area contributed by atoms with Crippen LogP contribution in [0.2, 0.25) is 0 Å². The molecule has 3 heteroatoms. The van der Waals surface area contributed by atoms with Crippen LogP contribution in [-0.4, -0.2) is 48.5 Å². The molecule has 1 aliphatic rings. The molecule has 1 fully saturated rings. The zero-order valence-electron chi connectivity index (χ0n) is 12.5. The maximum absolute atomic E-state index is 10.0. The summed E-state index contributed by atoms with van der Waals surface area (Å²) in [7, 11) is 0. The number of piperidine rings is 1. The zero-order valence-corrected chi connectivity index (χ0v) is 12.5. The Morgan fingerprint density at radius 3 is 2.85 bits per heavy atom. The normalized spacial score (nSPS) is 21.8. The monoisotopic (exact) mass is 277 g/mol. The van der Waals surface area contributed by atoms with E-state index in [1.807, 2.05) is 6.92 Å². The van der Waals surface area contributed by atoms with Crippen LogP contribution in [0, 0.1) is 0 Å². The average molecular weight is 277 g/mol. The minimum absolute atomic E-state index is 0.369. The lowest BCUT2D eigenvalue weighted by Gasteiger charge is -2.37. The molecule has 2 atom stereocenters. The van der Waals surface area contributed by atoms with Gasteiger partial charge in [0.25, 0.3) is 0 Å². The number of ether oxygens (including phenoxy) is 1. The maximum atomic E-state index is 10.0. The fraction of sp³-hybridized carbons (Fsp3) is 0.647. The quantitative estimate of drug-likeness (QED) is 0.831. The highest BCUT2D eigenvalue weighted by Crippen LogP contribution is 2.21. The van der Waals surface area contributed by atoms with Crippen LogP contribution in [0.3, 0.4) is 0 Å². The van der Waals surface area contributed by atoms with Crippen molar-refractivity contribution in [3.05, 3.63) is 35.9 Å². The van der Waals surface area contributed by atoms with E-state index in [4.69, 9.17) is 4.74 Å². The van der Waals surface area contributed by atoms with Crippen molar-refractivity contribution in [2.75, 3.05) is 26.3 Å². The summed E-state index contributed by atoms with van der Waals surface area (Å²) < 4.78 is 5.31. The predicted molar refractivity (Wildman–Crippen MR) is 81.9 cm³/mol. The summed E-state index contributed by atoms with van der Waals surface area (Å²) in [5.41, 5.74) is 1.39. The first kappa shape index (κ1) is 15.5. The van der Waals surface area contributed by atoms with Gasteiger partial charge in [-0.1, -0.05) is 36.8 Å². The third-order valence-electron chi connectivity index (χ3n) is 4.02. The van der Waals surface area contributed by atoms with Gasteiger partial charge in [0, 0.05) is 19.2 Å². The molecule has 1 aromatic carbocycles. The molecular weight excluding hydrogens is 250 g/mol. The van der Waals surface area contributed by atoms with E-state index in [0.717, 1.165) is 19.5 Å². The average Bonchev–Trinajstić information content (AvgIpc) is 2.48. The molecule has 0 amide bonds. The van der Waals surface area contributed by atoms with E-state index >= 15 is 0 Å². The number of hydrogen-bond donors (Lipinski definition) is 1. The Bertz CT molecular complexity index is 369. The largest absolute Gasteiger partial charge is 0.389 e. The Morgan fingerprint density at radius 2 is 2.10 bits per heavy atom.